The maximum absolute atomic E-state index is 13.1. The highest BCUT2D eigenvalue weighted by atomic mass is 32.2. The second-order valence-corrected chi connectivity index (χ2v) is 9.83. The lowest BCUT2D eigenvalue weighted by Gasteiger charge is -2.25. The summed E-state index contributed by atoms with van der Waals surface area (Å²) in [5.41, 5.74) is 2.91. The van der Waals surface area contributed by atoms with Gasteiger partial charge in [0.2, 0.25) is 11.7 Å². The third-order valence-corrected chi connectivity index (χ3v) is 7.45. The van der Waals surface area contributed by atoms with Crippen molar-refractivity contribution in [3.63, 3.8) is 0 Å². The summed E-state index contributed by atoms with van der Waals surface area (Å²) in [5, 5.41) is 2.96. The van der Waals surface area contributed by atoms with E-state index in [-0.39, 0.29) is 10.8 Å². The van der Waals surface area contributed by atoms with Crippen LogP contribution < -0.4 is 5.32 Å². The number of nitrogens with one attached hydrogen (secondary N) is 1. The Bertz CT molecular complexity index is 1530. The van der Waals surface area contributed by atoms with Crippen LogP contribution >= 0.6 is 0 Å². The van der Waals surface area contributed by atoms with Gasteiger partial charge in [0.05, 0.1) is 5.69 Å². The number of carbonyl (C=O) groups excluding carboxylic acids is 1. The van der Waals surface area contributed by atoms with E-state index in [0.29, 0.717) is 35.8 Å². The topological polar surface area (TPSA) is 109 Å². The molecule has 1 amide bonds. The summed E-state index contributed by atoms with van der Waals surface area (Å²) in [6, 6.07) is 15.5. The number of nitrogens with zero attached hydrogens (tertiary/aromatic N) is 5. The van der Waals surface area contributed by atoms with E-state index in [9.17, 15) is 13.2 Å². The van der Waals surface area contributed by atoms with E-state index >= 15 is 0 Å². The fraction of sp³-hybridized carbons (Fsp3) is 0.167. The zero-order valence-corrected chi connectivity index (χ0v) is 18.8. The van der Waals surface area contributed by atoms with Gasteiger partial charge < -0.3 is 10.2 Å². The molecule has 0 bridgehead atoms. The Morgan fingerprint density at radius 2 is 1.88 bits per heavy atom. The first kappa shape index (κ1) is 20.5. The fourth-order valence-electron chi connectivity index (χ4n) is 4.51. The van der Waals surface area contributed by atoms with E-state index in [1.54, 1.807) is 35.4 Å². The summed E-state index contributed by atoms with van der Waals surface area (Å²) in [5.74, 6) is 0.783. The molecule has 4 aromatic rings. The molecule has 34 heavy (non-hydrogen) atoms. The number of rotatable bonds is 3. The second kappa shape index (κ2) is 7.77. The summed E-state index contributed by atoms with van der Waals surface area (Å²) < 4.78 is 30.8. The average molecular weight is 473 g/mol. The highest BCUT2D eigenvalue weighted by Gasteiger charge is 2.39. The van der Waals surface area contributed by atoms with Gasteiger partial charge in [-0.05, 0) is 43.2 Å². The summed E-state index contributed by atoms with van der Waals surface area (Å²) in [6.07, 6.45) is 6.89. The smallest absolute Gasteiger partial charge is 0.285 e. The molecule has 6 rings (SSSR count). The second-order valence-electron chi connectivity index (χ2n) is 8.26. The Balaban J connectivity index is 1.21. The number of carbonyl (C=O) groups is 1. The van der Waals surface area contributed by atoms with Gasteiger partial charge in [-0.1, -0.05) is 24.3 Å². The summed E-state index contributed by atoms with van der Waals surface area (Å²) >= 11 is 0. The third-order valence-electron chi connectivity index (χ3n) is 6.12. The van der Waals surface area contributed by atoms with E-state index in [4.69, 9.17) is 0 Å². The zero-order chi connectivity index (χ0) is 23.3. The van der Waals surface area contributed by atoms with E-state index in [1.807, 2.05) is 47.1 Å². The van der Waals surface area contributed by atoms with Gasteiger partial charge in [0.15, 0.2) is 5.84 Å². The van der Waals surface area contributed by atoms with Crippen molar-refractivity contribution in [2.24, 2.45) is 4.40 Å². The molecule has 2 aliphatic rings. The molecule has 4 heterocycles. The Hall–Kier alpha value is -4.05. The molecular formula is C24H20N6O3S. The maximum Gasteiger partial charge on any atom is 0.285 e. The zero-order valence-electron chi connectivity index (χ0n) is 18.0. The Morgan fingerprint density at radius 1 is 1.06 bits per heavy atom. The van der Waals surface area contributed by atoms with Crippen molar-refractivity contribution in [1.29, 1.82) is 0 Å². The van der Waals surface area contributed by atoms with Crippen LogP contribution in [0.5, 0.6) is 0 Å². The average Bonchev–Trinajstić information content (AvgIpc) is 3.56. The quantitative estimate of drug-likeness (QED) is 0.491. The van der Waals surface area contributed by atoms with E-state index < -0.39 is 16.1 Å². The minimum atomic E-state index is -3.74. The number of likely N-dealkylation sites (tertiary alicyclic amines) is 1. The van der Waals surface area contributed by atoms with Crippen LogP contribution in [0.3, 0.4) is 0 Å². The Labute approximate surface area is 195 Å². The van der Waals surface area contributed by atoms with Crippen molar-refractivity contribution in [1.82, 2.24) is 19.3 Å². The minimum absolute atomic E-state index is 0.188. The molecule has 1 N–H and O–H groups in total. The monoisotopic (exact) mass is 472 g/mol. The molecule has 9 nitrogen and oxygen atoms in total. The van der Waals surface area contributed by atoms with Gasteiger partial charge in [-0.15, -0.1) is 4.40 Å². The fourth-order valence-corrected chi connectivity index (χ4v) is 5.72. The summed E-state index contributed by atoms with van der Waals surface area (Å²) in [6.45, 7) is 0.571. The first-order valence-corrected chi connectivity index (χ1v) is 12.4. The predicted octanol–water partition coefficient (Wildman–Crippen LogP) is 2.95. The molecule has 2 aromatic heterocycles. The van der Waals surface area contributed by atoms with Crippen LogP contribution in [-0.2, 0) is 14.8 Å². The van der Waals surface area contributed by atoms with Gasteiger partial charge in [-0.2, -0.15) is 8.42 Å². The normalized spacial score (nSPS) is 18.6. The van der Waals surface area contributed by atoms with Crippen LogP contribution in [0.4, 0.5) is 5.69 Å². The van der Waals surface area contributed by atoms with E-state index in [2.05, 4.69) is 19.7 Å². The number of anilines is 1. The van der Waals surface area contributed by atoms with Crippen LogP contribution in [-0.4, -0.2) is 52.0 Å². The summed E-state index contributed by atoms with van der Waals surface area (Å²) in [7, 11) is -3.74. The molecule has 0 aliphatic carbocycles. The van der Waals surface area contributed by atoms with Crippen LogP contribution in [0.1, 0.15) is 18.4 Å². The van der Waals surface area contributed by atoms with Crippen molar-refractivity contribution in [2.75, 3.05) is 11.9 Å². The highest BCUT2D eigenvalue weighted by molar-refractivity contribution is 7.90. The SMILES string of the molecule is O=C(Nc1ccc(-c2cn3cccnc3n2)cc1)[C@@H]1CCCN1C1=NS(=O)(=O)c2ccccc21. The molecule has 1 atom stereocenters. The number of amides is 1. The summed E-state index contributed by atoms with van der Waals surface area (Å²) in [4.78, 5) is 23.9. The number of hydrogen-bond acceptors (Lipinski definition) is 6. The van der Waals surface area contributed by atoms with Crippen molar-refractivity contribution in [3.8, 4) is 11.3 Å². The molecule has 170 valence electrons. The molecule has 2 aromatic carbocycles. The number of imidazole rings is 1. The number of hydrogen-bond donors (Lipinski definition) is 1. The van der Waals surface area contributed by atoms with Gasteiger partial charge in [0.25, 0.3) is 10.0 Å². The predicted molar refractivity (Wildman–Crippen MR) is 127 cm³/mol. The molecule has 1 fully saturated rings. The molecule has 0 unspecified atom stereocenters. The number of fused-ring (bicyclic) bond motifs is 2. The van der Waals surface area contributed by atoms with Crippen LogP contribution in [0, 0.1) is 0 Å². The van der Waals surface area contributed by atoms with Gasteiger partial charge >= 0.3 is 0 Å². The number of sulfonamides is 1. The molecule has 0 radical (unpaired) electrons. The first-order valence-electron chi connectivity index (χ1n) is 10.9. The molecule has 10 heteroatoms. The van der Waals surface area contributed by atoms with Crippen LogP contribution in [0.25, 0.3) is 17.0 Å². The lowest BCUT2D eigenvalue weighted by Crippen LogP contribution is -2.43. The highest BCUT2D eigenvalue weighted by Crippen LogP contribution is 2.31. The molecular weight excluding hydrogens is 452 g/mol. The standard InChI is InChI=1S/C24H20N6O3S/c31-23(20-6-3-14-30(20)22-18-5-1-2-7-21(18)34(32,33)28-22)26-17-10-8-16(9-11-17)19-15-29-13-4-12-25-24(29)27-19/h1-2,4-5,7-13,15,20H,3,6,14H2,(H,26,31)/t20-/m0/s1. The van der Waals surface area contributed by atoms with Gasteiger partial charge in [-0.3, -0.25) is 9.20 Å². The molecule has 0 saturated carbocycles. The van der Waals surface area contributed by atoms with Crippen LogP contribution in [0.2, 0.25) is 0 Å². The van der Waals surface area contributed by atoms with Crippen LogP contribution in [0.15, 0.2) is 82.5 Å². The van der Waals surface area contributed by atoms with Crippen molar-refractivity contribution < 1.29 is 13.2 Å². The molecule has 1 saturated heterocycles. The molecule has 2 aliphatic heterocycles. The van der Waals surface area contributed by atoms with E-state index in [1.165, 1.54) is 0 Å². The first-order chi connectivity index (χ1) is 16.5. The number of benzene rings is 2. The van der Waals surface area contributed by atoms with E-state index in [0.717, 1.165) is 17.7 Å². The van der Waals surface area contributed by atoms with Crippen molar-refractivity contribution >= 4 is 33.2 Å². The minimum Gasteiger partial charge on any atom is -0.343 e. The van der Waals surface area contributed by atoms with Crippen molar-refractivity contribution in [3.05, 3.63) is 78.8 Å². The number of aromatic nitrogens is 3. The lowest BCUT2D eigenvalue weighted by molar-refractivity contribution is -0.119. The van der Waals surface area contributed by atoms with Gasteiger partial charge in [0, 0.05) is 41.9 Å². The molecule has 0 spiro atoms. The largest absolute Gasteiger partial charge is 0.343 e. The maximum atomic E-state index is 13.1. The number of amidine groups is 1. The Kier molecular flexibility index (Phi) is 4.70. The Morgan fingerprint density at radius 3 is 2.71 bits per heavy atom. The van der Waals surface area contributed by atoms with Crippen molar-refractivity contribution in [2.45, 2.75) is 23.8 Å². The van der Waals surface area contributed by atoms with Gasteiger partial charge in [-0.25, -0.2) is 9.97 Å². The van der Waals surface area contributed by atoms with Gasteiger partial charge in [0.1, 0.15) is 10.9 Å². The lowest BCUT2D eigenvalue weighted by atomic mass is 10.1. The third kappa shape index (κ3) is 3.43.